The van der Waals surface area contributed by atoms with Crippen LogP contribution in [0, 0.1) is 36.8 Å². The molecule has 0 spiro atoms. The van der Waals surface area contributed by atoms with E-state index in [1.807, 2.05) is 6.07 Å². The van der Waals surface area contributed by atoms with Crippen molar-refractivity contribution in [3.63, 3.8) is 0 Å². The molecule has 2 aromatic heterocycles. The van der Waals surface area contributed by atoms with Gasteiger partial charge in [0.1, 0.15) is 17.3 Å². The predicted molar refractivity (Wildman–Crippen MR) is 120 cm³/mol. The van der Waals surface area contributed by atoms with Crippen LogP contribution in [0.2, 0.25) is 0 Å². The predicted octanol–water partition coefficient (Wildman–Crippen LogP) is 3.60. The van der Waals surface area contributed by atoms with Crippen LogP contribution in [-0.2, 0) is 6.54 Å². The number of hydrogen-bond donors (Lipinski definition) is 2. The molecule has 170 valence electrons. The zero-order valence-corrected chi connectivity index (χ0v) is 18.2. The van der Waals surface area contributed by atoms with Gasteiger partial charge in [-0.15, -0.1) is 0 Å². The van der Waals surface area contributed by atoms with Gasteiger partial charge < -0.3 is 11.1 Å². The number of carbonyl (C=O) groups excluding carboxylic acids is 2. The van der Waals surface area contributed by atoms with Crippen molar-refractivity contribution in [3.8, 4) is 6.07 Å². The van der Waals surface area contributed by atoms with E-state index in [9.17, 15) is 18.4 Å². The summed E-state index contributed by atoms with van der Waals surface area (Å²) in [7, 11) is 0. The standard InChI is InChI=1S/C24H18F2N6O2/c1-12-22(13(2)32(31-12)11-15-7-6-14(10-27)8-18(15)26)30-24(34)16-9-20(23(28)33)29-19-5-3-4-17(25)21(16)19/h3-9H,11H2,1-2H3,(H2,28,33)(H,30,34). The highest BCUT2D eigenvalue weighted by atomic mass is 19.1. The molecule has 0 aliphatic carbocycles. The Morgan fingerprint density at radius 1 is 1.15 bits per heavy atom. The second-order valence-electron chi connectivity index (χ2n) is 7.63. The van der Waals surface area contributed by atoms with Gasteiger partial charge in [-0.05, 0) is 44.2 Å². The van der Waals surface area contributed by atoms with E-state index in [2.05, 4.69) is 15.4 Å². The number of primary amides is 1. The molecule has 0 aliphatic rings. The number of fused-ring (bicyclic) bond motifs is 1. The van der Waals surface area contributed by atoms with Gasteiger partial charge in [0.15, 0.2) is 0 Å². The number of nitriles is 1. The topological polar surface area (TPSA) is 127 Å². The number of rotatable bonds is 5. The Hall–Kier alpha value is -4.65. The van der Waals surface area contributed by atoms with Gasteiger partial charge in [0, 0.05) is 10.9 Å². The van der Waals surface area contributed by atoms with Crippen LogP contribution in [0.15, 0.2) is 42.5 Å². The number of nitrogens with two attached hydrogens (primary N) is 1. The van der Waals surface area contributed by atoms with E-state index in [-0.39, 0.29) is 34.3 Å². The molecule has 0 radical (unpaired) electrons. The van der Waals surface area contributed by atoms with Crippen molar-refractivity contribution in [2.24, 2.45) is 5.73 Å². The molecule has 2 amide bonds. The summed E-state index contributed by atoms with van der Waals surface area (Å²) in [4.78, 5) is 28.9. The molecule has 8 nitrogen and oxygen atoms in total. The second-order valence-corrected chi connectivity index (χ2v) is 7.63. The number of nitrogens with zero attached hydrogens (tertiary/aromatic N) is 4. The van der Waals surface area contributed by atoms with E-state index in [0.29, 0.717) is 22.6 Å². The summed E-state index contributed by atoms with van der Waals surface area (Å²) in [6.45, 7) is 3.42. The maximum absolute atomic E-state index is 14.6. The SMILES string of the molecule is Cc1nn(Cc2ccc(C#N)cc2F)c(C)c1NC(=O)c1cc(C(N)=O)nc2cccc(F)c12. The van der Waals surface area contributed by atoms with E-state index in [0.717, 1.165) is 12.1 Å². The van der Waals surface area contributed by atoms with Crippen LogP contribution in [0.3, 0.4) is 0 Å². The Morgan fingerprint density at radius 3 is 2.59 bits per heavy atom. The highest BCUT2D eigenvalue weighted by molar-refractivity contribution is 6.14. The minimum Gasteiger partial charge on any atom is -0.364 e. The fourth-order valence-electron chi connectivity index (χ4n) is 3.67. The molecule has 4 aromatic rings. The van der Waals surface area contributed by atoms with Gasteiger partial charge in [-0.1, -0.05) is 12.1 Å². The van der Waals surface area contributed by atoms with Gasteiger partial charge in [-0.2, -0.15) is 10.4 Å². The fraction of sp³-hybridized carbons (Fsp3) is 0.125. The normalized spacial score (nSPS) is 10.8. The molecule has 0 aliphatic heterocycles. The molecule has 10 heteroatoms. The lowest BCUT2D eigenvalue weighted by Gasteiger charge is -2.11. The van der Waals surface area contributed by atoms with Crippen LogP contribution in [0.1, 0.15) is 43.4 Å². The zero-order valence-electron chi connectivity index (χ0n) is 18.2. The van der Waals surface area contributed by atoms with Crippen LogP contribution in [0.5, 0.6) is 0 Å². The zero-order chi connectivity index (χ0) is 24.6. The Morgan fingerprint density at radius 2 is 1.91 bits per heavy atom. The number of anilines is 1. The largest absolute Gasteiger partial charge is 0.364 e. The molecule has 4 rings (SSSR count). The lowest BCUT2D eigenvalue weighted by Crippen LogP contribution is -2.18. The van der Waals surface area contributed by atoms with E-state index >= 15 is 0 Å². The number of carbonyl (C=O) groups is 2. The Kier molecular flexibility index (Phi) is 5.77. The lowest BCUT2D eigenvalue weighted by molar-refractivity contribution is 0.0996. The summed E-state index contributed by atoms with van der Waals surface area (Å²) in [5, 5.41) is 15.9. The van der Waals surface area contributed by atoms with E-state index < -0.39 is 23.4 Å². The number of pyridine rings is 1. The summed E-state index contributed by atoms with van der Waals surface area (Å²) < 4.78 is 30.4. The number of aromatic nitrogens is 3. The number of halogens is 2. The van der Waals surface area contributed by atoms with E-state index in [1.165, 1.54) is 35.0 Å². The molecule has 0 fully saturated rings. The van der Waals surface area contributed by atoms with E-state index in [4.69, 9.17) is 11.0 Å². The minimum absolute atomic E-state index is 0.0487. The smallest absolute Gasteiger partial charge is 0.267 e. The van der Waals surface area contributed by atoms with Crippen LogP contribution in [0.25, 0.3) is 10.9 Å². The molecule has 2 heterocycles. The monoisotopic (exact) mass is 460 g/mol. The molecule has 0 unspecified atom stereocenters. The molecule has 0 saturated heterocycles. The van der Waals surface area contributed by atoms with Crippen LogP contribution < -0.4 is 11.1 Å². The third-order valence-electron chi connectivity index (χ3n) is 5.40. The number of aryl methyl sites for hydroxylation is 1. The van der Waals surface area contributed by atoms with Crippen LogP contribution >= 0.6 is 0 Å². The average molecular weight is 460 g/mol. The van der Waals surface area contributed by atoms with Gasteiger partial charge >= 0.3 is 0 Å². The quantitative estimate of drug-likeness (QED) is 0.471. The van der Waals surface area contributed by atoms with Crippen molar-refractivity contribution in [3.05, 3.63) is 87.9 Å². The molecule has 34 heavy (non-hydrogen) atoms. The van der Waals surface area contributed by atoms with Gasteiger partial charge in [0.2, 0.25) is 0 Å². The highest BCUT2D eigenvalue weighted by Crippen LogP contribution is 2.26. The van der Waals surface area contributed by atoms with Gasteiger partial charge in [0.05, 0.1) is 46.3 Å². The highest BCUT2D eigenvalue weighted by Gasteiger charge is 2.21. The Bertz CT molecular complexity index is 1520. The van der Waals surface area contributed by atoms with Crippen molar-refractivity contribution in [2.75, 3.05) is 5.32 Å². The molecular formula is C24H18F2N6O2. The number of hydrogen-bond acceptors (Lipinski definition) is 5. The van der Waals surface area contributed by atoms with Crippen molar-refractivity contribution in [2.45, 2.75) is 20.4 Å². The van der Waals surface area contributed by atoms with Crippen LogP contribution in [0.4, 0.5) is 14.5 Å². The van der Waals surface area contributed by atoms with Crippen molar-refractivity contribution in [1.82, 2.24) is 14.8 Å². The number of amides is 2. The third-order valence-corrected chi connectivity index (χ3v) is 5.40. The molecule has 3 N–H and O–H groups in total. The summed E-state index contributed by atoms with van der Waals surface area (Å²) in [6.07, 6.45) is 0. The van der Waals surface area contributed by atoms with Crippen molar-refractivity contribution < 1.29 is 18.4 Å². The lowest BCUT2D eigenvalue weighted by atomic mass is 10.1. The number of benzene rings is 2. The molecule has 0 saturated carbocycles. The van der Waals surface area contributed by atoms with Gasteiger partial charge in [-0.3, -0.25) is 14.3 Å². The fourth-order valence-corrected chi connectivity index (χ4v) is 3.67. The van der Waals surface area contributed by atoms with Crippen molar-refractivity contribution >= 4 is 28.4 Å². The molecule has 0 bridgehead atoms. The van der Waals surface area contributed by atoms with Gasteiger partial charge in [0.25, 0.3) is 11.8 Å². The maximum atomic E-state index is 14.6. The number of nitrogens with one attached hydrogen (secondary N) is 1. The first-order valence-electron chi connectivity index (χ1n) is 10.1. The first-order chi connectivity index (χ1) is 16.2. The Balaban J connectivity index is 1.70. The minimum atomic E-state index is -0.857. The second kappa shape index (κ2) is 8.71. The first-order valence-corrected chi connectivity index (χ1v) is 10.1. The van der Waals surface area contributed by atoms with Gasteiger partial charge in [-0.25, -0.2) is 13.8 Å². The van der Waals surface area contributed by atoms with Crippen molar-refractivity contribution in [1.29, 1.82) is 5.26 Å². The summed E-state index contributed by atoms with van der Waals surface area (Å²) >= 11 is 0. The van der Waals surface area contributed by atoms with Crippen LogP contribution in [-0.4, -0.2) is 26.6 Å². The molecule has 0 atom stereocenters. The Labute approximate surface area is 192 Å². The average Bonchev–Trinajstić information content (AvgIpc) is 3.07. The molecular weight excluding hydrogens is 442 g/mol. The molecule has 2 aromatic carbocycles. The first kappa shape index (κ1) is 22.5. The third kappa shape index (κ3) is 4.06. The maximum Gasteiger partial charge on any atom is 0.267 e. The summed E-state index contributed by atoms with van der Waals surface area (Å²) in [5.74, 6) is -2.76. The van der Waals surface area contributed by atoms with E-state index in [1.54, 1.807) is 13.8 Å². The summed E-state index contributed by atoms with van der Waals surface area (Å²) in [6, 6.07) is 11.2. The summed E-state index contributed by atoms with van der Waals surface area (Å²) in [5.41, 5.74) is 7.02.